The summed E-state index contributed by atoms with van der Waals surface area (Å²) in [5.41, 5.74) is 3.55. The van der Waals surface area contributed by atoms with Gasteiger partial charge in [-0.15, -0.1) is 0 Å². The van der Waals surface area contributed by atoms with Crippen molar-refractivity contribution in [1.29, 1.82) is 0 Å². The molecule has 3 heterocycles. The number of carbonyl (C=O) groups is 2. The van der Waals surface area contributed by atoms with Crippen LogP contribution in [-0.4, -0.2) is 73.1 Å². The molecule has 8 nitrogen and oxygen atoms in total. The Bertz CT molecular complexity index is 1180. The molecule has 0 aliphatic carbocycles. The Morgan fingerprint density at radius 2 is 1.65 bits per heavy atom. The van der Waals surface area contributed by atoms with Crippen molar-refractivity contribution in [2.75, 3.05) is 44.2 Å². The zero-order chi connectivity index (χ0) is 24.6. The van der Waals surface area contributed by atoms with Crippen LogP contribution in [0.4, 0.5) is 5.69 Å². The van der Waals surface area contributed by atoms with E-state index in [0.29, 0.717) is 45.2 Å². The maximum Gasteiger partial charge on any atom is 0.243 e. The predicted octanol–water partition coefficient (Wildman–Crippen LogP) is 3.00. The van der Waals surface area contributed by atoms with Crippen molar-refractivity contribution in [3.05, 3.63) is 47.3 Å². The number of aromatic nitrogens is 1. The largest absolute Gasteiger partial charge is 0.346 e. The fourth-order valence-electron chi connectivity index (χ4n) is 5.14. The first-order chi connectivity index (χ1) is 16.1. The quantitative estimate of drug-likeness (QED) is 0.562. The molecule has 1 amide bonds. The Morgan fingerprint density at radius 1 is 1.00 bits per heavy atom. The second-order valence-corrected chi connectivity index (χ2v) is 11.4. The topological polar surface area (TPSA) is 82.9 Å². The molecule has 1 aromatic heterocycles. The number of ketones is 1. The lowest BCUT2D eigenvalue weighted by atomic mass is 10.1. The van der Waals surface area contributed by atoms with E-state index in [9.17, 15) is 18.0 Å². The highest BCUT2D eigenvalue weighted by Crippen LogP contribution is 2.25. The summed E-state index contributed by atoms with van der Waals surface area (Å²) in [4.78, 5) is 28.9. The maximum absolute atomic E-state index is 13.1. The average Bonchev–Trinajstić information content (AvgIpc) is 3.36. The summed E-state index contributed by atoms with van der Waals surface area (Å²) < 4.78 is 29.9. The molecule has 34 heavy (non-hydrogen) atoms. The van der Waals surface area contributed by atoms with Crippen LogP contribution in [0.1, 0.15) is 54.5 Å². The van der Waals surface area contributed by atoms with Crippen molar-refractivity contribution in [3.63, 3.8) is 0 Å². The number of Topliss-reactive ketones (excluding diaryl/α,β-unsaturated/α-hetero) is 1. The summed E-state index contributed by atoms with van der Waals surface area (Å²) in [5, 5.41) is 0. The Hall–Kier alpha value is -2.49. The van der Waals surface area contributed by atoms with Gasteiger partial charge in [0, 0.05) is 67.8 Å². The van der Waals surface area contributed by atoms with Crippen LogP contribution in [0.5, 0.6) is 0 Å². The third-order valence-electron chi connectivity index (χ3n) is 6.86. The Morgan fingerprint density at radius 3 is 2.18 bits per heavy atom. The predicted molar refractivity (Wildman–Crippen MR) is 132 cm³/mol. The average molecular weight is 487 g/mol. The highest BCUT2D eigenvalue weighted by Gasteiger charge is 2.30. The van der Waals surface area contributed by atoms with Gasteiger partial charge in [-0.3, -0.25) is 14.5 Å². The summed E-state index contributed by atoms with van der Waals surface area (Å²) in [5.74, 6) is 0.149. The van der Waals surface area contributed by atoms with Gasteiger partial charge in [-0.1, -0.05) is 0 Å². The van der Waals surface area contributed by atoms with E-state index in [4.69, 9.17) is 0 Å². The number of sulfonamides is 1. The smallest absolute Gasteiger partial charge is 0.243 e. The number of hydrogen-bond donors (Lipinski definition) is 0. The molecule has 9 heteroatoms. The number of piperazine rings is 1. The molecule has 0 bridgehead atoms. The number of hydrogen-bond acceptors (Lipinski definition) is 5. The number of nitrogens with zero attached hydrogens (tertiary/aromatic N) is 4. The van der Waals surface area contributed by atoms with Crippen molar-refractivity contribution >= 4 is 27.4 Å². The van der Waals surface area contributed by atoms with E-state index in [1.54, 1.807) is 29.2 Å². The molecule has 4 rings (SSSR count). The minimum Gasteiger partial charge on any atom is -0.346 e. The number of carbonyl (C=O) groups excluding carboxylic acids is 2. The summed E-state index contributed by atoms with van der Waals surface area (Å²) >= 11 is 0. The van der Waals surface area contributed by atoms with E-state index >= 15 is 0 Å². The third kappa shape index (κ3) is 4.69. The molecule has 0 unspecified atom stereocenters. The minimum atomic E-state index is -3.62. The van der Waals surface area contributed by atoms with Gasteiger partial charge in [0.2, 0.25) is 15.9 Å². The summed E-state index contributed by atoms with van der Waals surface area (Å²) in [6.07, 6.45) is 1.37. The fourth-order valence-corrected chi connectivity index (χ4v) is 6.56. The Kier molecular flexibility index (Phi) is 6.98. The first-order valence-electron chi connectivity index (χ1n) is 11.9. The van der Waals surface area contributed by atoms with Gasteiger partial charge in [0.1, 0.15) is 0 Å². The van der Waals surface area contributed by atoms with Gasteiger partial charge in [-0.2, -0.15) is 4.31 Å². The molecule has 0 spiro atoms. The van der Waals surface area contributed by atoms with Crippen LogP contribution in [0.25, 0.3) is 0 Å². The highest BCUT2D eigenvalue weighted by molar-refractivity contribution is 7.89. The molecule has 2 aliphatic rings. The van der Waals surface area contributed by atoms with Crippen LogP contribution >= 0.6 is 0 Å². The number of amides is 1. The molecule has 0 atom stereocenters. The van der Waals surface area contributed by atoms with Crippen LogP contribution in [0, 0.1) is 13.8 Å². The van der Waals surface area contributed by atoms with Gasteiger partial charge < -0.3 is 9.47 Å². The molecule has 1 aromatic carbocycles. The van der Waals surface area contributed by atoms with Crippen molar-refractivity contribution < 1.29 is 18.0 Å². The molecule has 2 fully saturated rings. The molecule has 0 radical (unpaired) electrons. The zero-order valence-electron chi connectivity index (χ0n) is 20.5. The number of rotatable bonds is 7. The zero-order valence-corrected chi connectivity index (χ0v) is 21.3. The fraction of sp³-hybridized carbons (Fsp3) is 0.520. The molecule has 2 saturated heterocycles. The van der Waals surface area contributed by atoms with Crippen molar-refractivity contribution in [1.82, 2.24) is 13.8 Å². The second kappa shape index (κ2) is 9.64. The van der Waals surface area contributed by atoms with Gasteiger partial charge >= 0.3 is 0 Å². The van der Waals surface area contributed by atoms with E-state index in [2.05, 4.69) is 18.4 Å². The Labute approximate surface area is 202 Å². The van der Waals surface area contributed by atoms with E-state index in [1.165, 1.54) is 4.31 Å². The minimum absolute atomic E-state index is 0.0726. The molecule has 2 aliphatic heterocycles. The molecule has 2 aromatic rings. The van der Waals surface area contributed by atoms with Gasteiger partial charge in [0.25, 0.3) is 0 Å². The first kappa shape index (κ1) is 24.6. The number of anilines is 1. The summed E-state index contributed by atoms with van der Waals surface area (Å²) in [6, 6.07) is 8.82. The lowest BCUT2D eigenvalue weighted by Gasteiger charge is -2.33. The van der Waals surface area contributed by atoms with Crippen LogP contribution in [0.3, 0.4) is 0 Å². The van der Waals surface area contributed by atoms with Crippen LogP contribution in [0.2, 0.25) is 0 Å². The standard InChI is InChI=1S/C25H34N4O4S/c1-18(2)29-19(3)16-23(20(29)4)24(30)17-26-12-14-27(15-13-26)34(32,33)22-9-7-21(8-10-22)28-11-5-6-25(28)31/h7-10,16,18H,5-6,11-15,17H2,1-4H3. The van der Waals surface area contributed by atoms with E-state index in [-0.39, 0.29) is 23.1 Å². The number of benzene rings is 1. The molecular weight excluding hydrogens is 452 g/mol. The van der Waals surface area contributed by atoms with Crippen molar-refractivity contribution in [3.8, 4) is 0 Å². The lowest BCUT2D eigenvalue weighted by Crippen LogP contribution is -2.49. The normalized spacial score (nSPS) is 18.3. The molecule has 184 valence electrons. The third-order valence-corrected chi connectivity index (χ3v) is 8.77. The van der Waals surface area contributed by atoms with E-state index in [1.807, 2.05) is 24.8 Å². The monoisotopic (exact) mass is 486 g/mol. The van der Waals surface area contributed by atoms with Crippen LogP contribution < -0.4 is 4.90 Å². The van der Waals surface area contributed by atoms with Crippen LogP contribution in [-0.2, 0) is 14.8 Å². The van der Waals surface area contributed by atoms with Gasteiger partial charge in [-0.25, -0.2) is 8.42 Å². The van der Waals surface area contributed by atoms with E-state index in [0.717, 1.165) is 29.1 Å². The maximum atomic E-state index is 13.1. The van der Waals surface area contributed by atoms with Crippen LogP contribution in [0.15, 0.2) is 35.2 Å². The highest BCUT2D eigenvalue weighted by atomic mass is 32.2. The molecular formula is C25H34N4O4S. The first-order valence-corrected chi connectivity index (χ1v) is 13.4. The Balaban J connectivity index is 1.37. The van der Waals surface area contributed by atoms with Gasteiger partial charge in [0.05, 0.1) is 11.4 Å². The second-order valence-electron chi connectivity index (χ2n) is 9.49. The number of aryl methyl sites for hydroxylation is 1. The molecule has 0 saturated carbocycles. The summed E-state index contributed by atoms with van der Waals surface area (Å²) in [6.45, 7) is 10.9. The van der Waals surface area contributed by atoms with Gasteiger partial charge in [-0.05, 0) is 64.4 Å². The molecule has 0 N–H and O–H groups in total. The summed E-state index contributed by atoms with van der Waals surface area (Å²) in [7, 11) is -3.62. The van der Waals surface area contributed by atoms with Gasteiger partial charge in [0.15, 0.2) is 5.78 Å². The van der Waals surface area contributed by atoms with Crippen molar-refractivity contribution in [2.45, 2.75) is 51.5 Å². The van der Waals surface area contributed by atoms with Crippen molar-refractivity contribution in [2.24, 2.45) is 0 Å². The van der Waals surface area contributed by atoms with E-state index < -0.39 is 10.0 Å². The lowest BCUT2D eigenvalue weighted by molar-refractivity contribution is -0.117. The SMILES string of the molecule is Cc1cc(C(=O)CN2CCN(S(=O)(=O)c3ccc(N4CCCC4=O)cc3)CC2)c(C)n1C(C)C.